The van der Waals surface area contributed by atoms with Crippen LogP contribution >= 0.6 is 0 Å². The fourth-order valence-corrected chi connectivity index (χ4v) is 2.83. The van der Waals surface area contributed by atoms with Crippen LogP contribution in [0.2, 0.25) is 0 Å². The van der Waals surface area contributed by atoms with Gasteiger partial charge in [0.05, 0.1) is 5.41 Å². The summed E-state index contributed by atoms with van der Waals surface area (Å²) in [5.41, 5.74) is 6.54. The predicted molar refractivity (Wildman–Crippen MR) is 72.8 cm³/mol. The average Bonchev–Trinajstić information content (AvgIpc) is 2.72. The first kappa shape index (κ1) is 14.0. The van der Waals surface area contributed by atoms with Crippen LogP contribution in [-0.2, 0) is 11.3 Å². The second-order valence-electron chi connectivity index (χ2n) is 5.70. The first-order chi connectivity index (χ1) is 8.93. The topological polar surface area (TPSA) is 46.3 Å². The van der Waals surface area contributed by atoms with Gasteiger partial charge in [-0.15, -0.1) is 0 Å². The molecule has 1 fully saturated rings. The molecule has 0 aliphatic heterocycles. The average molecular weight is 264 g/mol. The van der Waals surface area contributed by atoms with Gasteiger partial charge in [-0.2, -0.15) is 0 Å². The molecule has 1 saturated carbocycles. The lowest BCUT2D eigenvalue weighted by atomic mass is 9.83. The molecule has 19 heavy (non-hydrogen) atoms. The quantitative estimate of drug-likeness (QED) is 0.910. The predicted octanol–water partition coefficient (Wildman–Crippen LogP) is 2.30. The molecular weight excluding hydrogens is 243 g/mol. The van der Waals surface area contributed by atoms with Gasteiger partial charge in [0.1, 0.15) is 5.82 Å². The number of nitrogens with zero attached hydrogens (tertiary/aromatic N) is 1. The Labute approximate surface area is 113 Å². The number of carbonyl (C=O) groups excluding carboxylic acids is 1. The minimum absolute atomic E-state index is 0.0596. The monoisotopic (exact) mass is 264 g/mol. The Hall–Kier alpha value is -1.42. The fourth-order valence-electron chi connectivity index (χ4n) is 2.83. The van der Waals surface area contributed by atoms with Crippen LogP contribution in [-0.4, -0.2) is 23.9 Å². The van der Waals surface area contributed by atoms with Crippen molar-refractivity contribution in [3.8, 4) is 0 Å². The summed E-state index contributed by atoms with van der Waals surface area (Å²) in [6, 6.07) is 6.18. The lowest BCUT2D eigenvalue weighted by Gasteiger charge is -2.32. The molecule has 0 heterocycles. The molecule has 0 bridgehead atoms. The Kier molecular flexibility index (Phi) is 3.90. The highest BCUT2D eigenvalue weighted by Gasteiger charge is 2.44. The molecule has 1 aromatic carbocycles. The molecule has 104 valence electrons. The zero-order chi connectivity index (χ0) is 14.0. The van der Waals surface area contributed by atoms with Gasteiger partial charge in [-0.25, -0.2) is 4.39 Å². The van der Waals surface area contributed by atoms with Crippen LogP contribution in [0.15, 0.2) is 24.3 Å². The van der Waals surface area contributed by atoms with E-state index in [0.29, 0.717) is 6.54 Å². The van der Waals surface area contributed by atoms with E-state index in [2.05, 4.69) is 0 Å². The normalized spacial score (nSPS) is 26.4. The number of halogens is 1. The van der Waals surface area contributed by atoms with Gasteiger partial charge in [-0.1, -0.05) is 18.6 Å². The maximum Gasteiger partial charge on any atom is 0.230 e. The minimum atomic E-state index is -0.450. The van der Waals surface area contributed by atoms with Crippen molar-refractivity contribution < 1.29 is 9.18 Å². The van der Waals surface area contributed by atoms with Crippen molar-refractivity contribution in [2.24, 2.45) is 11.1 Å². The molecule has 4 heteroatoms. The molecule has 1 aliphatic rings. The van der Waals surface area contributed by atoms with Crippen molar-refractivity contribution in [2.45, 2.75) is 38.8 Å². The van der Waals surface area contributed by atoms with Gasteiger partial charge in [0, 0.05) is 19.6 Å². The van der Waals surface area contributed by atoms with Crippen LogP contribution in [0.4, 0.5) is 4.39 Å². The van der Waals surface area contributed by atoms with Gasteiger partial charge in [0.2, 0.25) is 5.91 Å². The number of nitrogens with two attached hydrogens (primary N) is 1. The number of benzene rings is 1. The standard InChI is InChI=1S/C15H21FN2O/c1-15(9-3-4-13(15)17)14(19)18(2)10-11-5-7-12(16)8-6-11/h5-8,13H,3-4,9-10,17H2,1-2H3. The second-order valence-corrected chi connectivity index (χ2v) is 5.70. The van der Waals surface area contributed by atoms with Gasteiger partial charge in [0.25, 0.3) is 0 Å². The summed E-state index contributed by atoms with van der Waals surface area (Å²) in [4.78, 5) is 14.2. The Balaban J connectivity index is 2.05. The molecule has 0 radical (unpaired) electrons. The summed E-state index contributed by atoms with van der Waals surface area (Å²) in [7, 11) is 1.78. The van der Waals surface area contributed by atoms with Crippen LogP contribution in [0.25, 0.3) is 0 Å². The molecule has 2 rings (SSSR count). The highest BCUT2D eigenvalue weighted by atomic mass is 19.1. The Morgan fingerprint density at radius 1 is 1.47 bits per heavy atom. The lowest BCUT2D eigenvalue weighted by molar-refractivity contribution is -0.140. The second kappa shape index (κ2) is 5.29. The van der Waals surface area contributed by atoms with E-state index >= 15 is 0 Å². The smallest absolute Gasteiger partial charge is 0.230 e. The first-order valence-electron chi connectivity index (χ1n) is 6.69. The molecule has 2 atom stereocenters. The van der Waals surface area contributed by atoms with E-state index in [1.165, 1.54) is 12.1 Å². The Morgan fingerprint density at radius 2 is 2.11 bits per heavy atom. The number of rotatable bonds is 3. The maximum absolute atomic E-state index is 12.8. The maximum atomic E-state index is 12.8. The van der Waals surface area contributed by atoms with E-state index in [-0.39, 0.29) is 17.8 Å². The summed E-state index contributed by atoms with van der Waals surface area (Å²) in [6.45, 7) is 2.44. The summed E-state index contributed by atoms with van der Waals surface area (Å²) in [5, 5.41) is 0. The number of hydrogen-bond acceptors (Lipinski definition) is 2. The summed E-state index contributed by atoms with van der Waals surface area (Å²) in [6.07, 6.45) is 2.77. The molecule has 1 amide bonds. The summed E-state index contributed by atoms with van der Waals surface area (Å²) >= 11 is 0. The van der Waals surface area contributed by atoms with Gasteiger partial charge in [0.15, 0.2) is 0 Å². The van der Waals surface area contributed by atoms with Crippen LogP contribution < -0.4 is 5.73 Å². The fraction of sp³-hybridized carbons (Fsp3) is 0.533. The molecule has 2 N–H and O–H groups in total. The molecule has 0 spiro atoms. The van der Waals surface area contributed by atoms with Crippen LogP contribution in [0.1, 0.15) is 31.7 Å². The van der Waals surface area contributed by atoms with Crippen molar-refractivity contribution in [2.75, 3.05) is 7.05 Å². The number of amides is 1. The molecular formula is C15H21FN2O. The van der Waals surface area contributed by atoms with E-state index < -0.39 is 5.41 Å². The Bertz CT molecular complexity index is 460. The zero-order valence-electron chi connectivity index (χ0n) is 11.5. The van der Waals surface area contributed by atoms with Crippen LogP contribution in [0, 0.1) is 11.2 Å². The molecule has 3 nitrogen and oxygen atoms in total. The van der Waals surface area contributed by atoms with E-state index in [1.807, 2.05) is 6.92 Å². The van der Waals surface area contributed by atoms with E-state index in [4.69, 9.17) is 5.73 Å². The molecule has 2 unspecified atom stereocenters. The van der Waals surface area contributed by atoms with Gasteiger partial charge < -0.3 is 10.6 Å². The summed E-state index contributed by atoms with van der Waals surface area (Å²) in [5.74, 6) is -0.177. The van der Waals surface area contributed by atoms with Gasteiger partial charge in [-0.3, -0.25) is 4.79 Å². The van der Waals surface area contributed by atoms with Crippen molar-refractivity contribution in [3.05, 3.63) is 35.6 Å². The number of carbonyl (C=O) groups is 1. The third-order valence-corrected chi connectivity index (χ3v) is 4.20. The van der Waals surface area contributed by atoms with Crippen LogP contribution in [0.5, 0.6) is 0 Å². The third kappa shape index (κ3) is 2.78. The zero-order valence-corrected chi connectivity index (χ0v) is 11.5. The van der Waals surface area contributed by atoms with Crippen molar-refractivity contribution in [3.63, 3.8) is 0 Å². The molecule has 0 aromatic heterocycles. The summed E-state index contributed by atoms with van der Waals surface area (Å²) < 4.78 is 12.8. The highest BCUT2D eigenvalue weighted by molar-refractivity contribution is 5.83. The van der Waals surface area contributed by atoms with Crippen molar-refractivity contribution >= 4 is 5.91 Å². The van der Waals surface area contributed by atoms with Crippen LogP contribution in [0.3, 0.4) is 0 Å². The Morgan fingerprint density at radius 3 is 2.63 bits per heavy atom. The first-order valence-corrected chi connectivity index (χ1v) is 6.69. The molecule has 1 aliphatic carbocycles. The van der Waals surface area contributed by atoms with E-state index in [9.17, 15) is 9.18 Å². The van der Waals surface area contributed by atoms with Crippen molar-refractivity contribution in [1.82, 2.24) is 4.90 Å². The largest absolute Gasteiger partial charge is 0.341 e. The minimum Gasteiger partial charge on any atom is -0.341 e. The number of hydrogen-bond donors (Lipinski definition) is 1. The SMILES string of the molecule is CN(Cc1ccc(F)cc1)C(=O)C1(C)CCCC1N. The third-order valence-electron chi connectivity index (χ3n) is 4.20. The van der Waals surface area contributed by atoms with Gasteiger partial charge >= 0.3 is 0 Å². The lowest BCUT2D eigenvalue weighted by Crippen LogP contribution is -2.47. The van der Waals surface area contributed by atoms with E-state index in [0.717, 1.165) is 24.8 Å². The van der Waals surface area contributed by atoms with E-state index in [1.54, 1.807) is 24.1 Å². The van der Waals surface area contributed by atoms with Crippen molar-refractivity contribution in [1.29, 1.82) is 0 Å². The molecule has 1 aromatic rings. The highest BCUT2D eigenvalue weighted by Crippen LogP contribution is 2.38. The molecule has 0 saturated heterocycles. The van der Waals surface area contributed by atoms with Gasteiger partial charge in [-0.05, 0) is 37.5 Å².